The average molecular weight is 531 g/mol. The number of likely N-dealkylation sites (tertiary alicyclic amines) is 1. The Kier molecular flexibility index (Phi) is 6.72. The molecule has 1 aromatic carbocycles. The number of thiophene rings is 1. The third-order valence-corrected chi connectivity index (χ3v) is 7.88. The first-order chi connectivity index (χ1) is 15.6. The predicted molar refractivity (Wildman–Crippen MR) is 135 cm³/mol. The van der Waals surface area contributed by atoms with Crippen molar-refractivity contribution in [3.05, 3.63) is 55.4 Å². The highest BCUT2D eigenvalue weighted by molar-refractivity contribution is 9.10. The summed E-state index contributed by atoms with van der Waals surface area (Å²) in [7, 11) is 0. The number of nitrogens with zero attached hydrogens (tertiary/aromatic N) is 3. The van der Waals surface area contributed by atoms with Gasteiger partial charge in [0, 0.05) is 17.6 Å². The van der Waals surface area contributed by atoms with Crippen LogP contribution in [0.1, 0.15) is 41.1 Å². The van der Waals surface area contributed by atoms with Crippen LogP contribution in [0.5, 0.6) is 0 Å². The van der Waals surface area contributed by atoms with Gasteiger partial charge in [0.15, 0.2) is 0 Å². The highest BCUT2D eigenvalue weighted by Crippen LogP contribution is 2.29. The molecule has 9 heteroatoms. The number of piperidine rings is 1. The van der Waals surface area contributed by atoms with E-state index in [0.717, 1.165) is 16.5 Å². The quantitative estimate of drug-likeness (QED) is 0.534. The number of amides is 2. The summed E-state index contributed by atoms with van der Waals surface area (Å²) in [6.45, 7) is 9.39. The Bertz CT molecular complexity index is 1290. The maximum Gasteiger partial charge on any atom is 0.266 e. The maximum atomic E-state index is 13.2. The molecule has 1 saturated heterocycles. The second-order valence-electron chi connectivity index (χ2n) is 9.10. The summed E-state index contributed by atoms with van der Waals surface area (Å²) >= 11 is 4.66. The van der Waals surface area contributed by atoms with Gasteiger partial charge in [-0.25, -0.2) is 4.98 Å². The number of aromatic nitrogens is 2. The molecule has 1 fully saturated rings. The minimum Gasteiger partial charge on any atom is -0.341 e. The topological polar surface area (TPSA) is 84.3 Å². The fourth-order valence-electron chi connectivity index (χ4n) is 4.50. The maximum absolute atomic E-state index is 13.2. The van der Waals surface area contributed by atoms with Crippen LogP contribution in [0.4, 0.5) is 5.69 Å². The Morgan fingerprint density at radius 1 is 1.21 bits per heavy atom. The van der Waals surface area contributed by atoms with E-state index in [1.54, 1.807) is 6.92 Å². The molecule has 1 N–H and O–H groups in total. The molecule has 0 radical (unpaired) electrons. The van der Waals surface area contributed by atoms with Gasteiger partial charge in [0.25, 0.3) is 11.5 Å². The van der Waals surface area contributed by atoms with Crippen LogP contribution in [0.2, 0.25) is 0 Å². The molecular weight excluding hydrogens is 504 g/mol. The molecule has 174 valence electrons. The molecule has 33 heavy (non-hydrogen) atoms. The fourth-order valence-corrected chi connectivity index (χ4v) is 6.13. The number of benzene rings is 1. The zero-order valence-electron chi connectivity index (χ0n) is 19.1. The number of nitrogens with one attached hydrogen (secondary N) is 1. The summed E-state index contributed by atoms with van der Waals surface area (Å²) < 4.78 is 2.14. The van der Waals surface area contributed by atoms with Crippen molar-refractivity contribution in [3.63, 3.8) is 0 Å². The highest BCUT2D eigenvalue weighted by Gasteiger charge is 2.26. The molecule has 2 atom stereocenters. The zero-order chi connectivity index (χ0) is 23.9. The molecule has 0 saturated carbocycles. The van der Waals surface area contributed by atoms with E-state index in [1.165, 1.54) is 22.2 Å². The van der Waals surface area contributed by atoms with Crippen molar-refractivity contribution in [2.45, 2.75) is 40.7 Å². The number of hydrogen-bond donors (Lipinski definition) is 1. The summed E-state index contributed by atoms with van der Waals surface area (Å²) in [5.74, 6) is 0.526. The largest absolute Gasteiger partial charge is 0.341 e. The number of carbonyl (C=O) groups excluding carboxylic acids is 2. The number of fused-ring (bicyclic) bond motifs is 1. The number of anilines is 1. The van der Waals surface area contributed by atoms with Crippen LogP contribution in [-0.2, 0) is 11.3 Å². The molecular formula is C24H27BrN4O3S. The van der Waals surface area contributed by atoms with Gasteiger partial charge in [-0.2, -0.15) is 0 Å². The predicted octanol–water partition coefficient (Wildman–Crippen LogP) is 4.59. The van der Waals surface area contributed by atoms with Gasteiger partial charge in [-0.05, 0) is 71.3 Å². The van der Waals surface area contributed by atoms with Gasteiger partial charge in [-0.1, -0.05) is 19.9 Å². The lowest BCUT2D eigenvalue weighted by Crippen LogP contribution is -2.44. The van der Waals surface area contributed by atoms with Crippen LogP contribution >= 0.6 is 27.3 Å². The van der Waals surface area contributed by atoms with Crippen molar-refractivity contribution in [1.29, 1.82) is 0 Å². The molecule has 1 aliphatic rings. The van der Waals surface area contributed by atoms with Crippen molar-refractivity contribution in [1.82, 2.24) is 14.5 Å². The van der Waals surface area contributed by atoms with Gasteiger partial charge in [0.05, 0.1) is 22.3 Å². The number of rotatable bonds is 4. The van der Waals surface area contributed by atoms with Crippen LogP contribution < -0.4 is 10.9 Å². The smallest absolute Gasteiger partial charge is 0.266 e. The van der Waals surface area contributed by atoms with Crippen molar-refractivity contribution < 1.29 is 9.59 Å². The summed E-state index contributed by atoms with van der Waals surface area (Å²) in [4.78, 5) is 46.2. The fraction of sp³-hybridized carbons (Fsp3) is 0.417. The molecule has 2 amide bonds. The molecule has 0 bridgehead atoms. The molecule has 4 rings (SSSR count). The zero-order valence-corrected chi connectivity index (χ0v) is 21.5. The first-order valence-electron chi connectivity index (χ1n) is 11.0. The monoisotopic (exact) mass is 530 g/mol. The van der Waals surface area contributed by atoms with Gasteiger partial charge in [0.1, 0.15) is 11.4 Å². The van der Waals surface area contributed by atoms with Gasteiger partial charge >= 0.3 is 0 Å². The van der Waals surface area contributed by atoms with Crippen LogP contribution in [-0.4, -0.2) is 39.4 Å². The van der Waals surface area contributed by atoms with Crippen LogP contribution in [0.25, 0.3) is 10.2 Å². The van der Waals surface area contributed by atoms with E-state index in [9.17, 15) is 14.4 Å². The summed E-state index contributed by atoms with van der Waals surface area (Å²) in [5.41, 5.74) is 2.01. The van der Waals surface area contributed by atoms with Gasteiger partial charge in [-0.15, -0.1) is 11.3 Å². The lowest BCUT2D eigenvalue weighted by molar-refractivity contribution is -0.134. The molecule has 3 aromatic rings. The highest BCUT2D eigenvalue weighted by atomic mass is 79.9. The van der Waals surface area contributed by atoms with E-state index in [-0.39, 0.29) is 23.9 Å². The van der Waals surface area contributed by atoms with E-state index in [1.807, 2.05) is 30.0 Å². The summed E-state index contributed by atoms with van der Waals surface area (Å²) in [6, 6.07) is 5.67. The standard InChI is InChI=1S/C24H27BrN4O3S/c1-13-5-6-18(17(25)8-13)27-22(31)21-16(4)20-23(33-21)26-12-29(24(20)32)11-19(30)28-9-14(2)7-15(3)10-28/h5-6,8,12,14-15H,7,9-11H2,1-4H3,(H,27,31)/t14-,15+. The molecule has 7 nitrogen and oxygen atoms in total. The lowest BCUT2D eigenvalue weighted by Gasteiger charge is -2.35. The van der Waals surface area contributed by atoms with Crippen LogP contribution in [0.15, 0.2) is 33.8 Å². The van der Waals surface area contributed by atoms with E-state index < -0.39 is 0 Å². The number of carbonyl (C=O) groups is 2. The Morgan fingerprint density at radius 3 is 2.58 bits per heavy atom. The summed E-state index contributed by atoms with van der Waals surface area (Å²) in [6.07, 6.45) is 2.52. The van der Waals surface area contributed by atoms with Crippen LogP contribution in [0.3, 0.4) is 0 Å². The average Bonchev–Trinajstić information content (AvgIpc) is 3.08. The minimum atomic E-state index is -0.296. The van der Waals surface area contributed by atoms with E-state index >= 15 is 0 Å². The first-order valence-corrected chi connectivity index (χ1v) is 12.6. The van der Waals surface area contributed by atoms with Gasteiger partial charge < -0.3 is 10.2 Å². The van der Waals surface area contributed by atoms with Crippen LogP contribution in [0, 0.1) is 25.7 Å². The molecule has 1 aliphatic heterocycles. The molecule has 0 aliphatic carbocycles. The van der Waals surface area contributed by atoms with E-state index in [2.05, 4.69) is 40.1 Å². The van der Waals surface area contributed by atoms with Crippen molar-refractivity contribution in [3.8, 4) is 0 Å². The third kappa shape index (κ3) is 4.89. The summed E-state index contributed by atoms with van der Waals surface area (Å²) in [5, 5.41) is 3.29. The molecule has 2 aromatic heterocycles. The lowest BCUT2D eigenvalue weighted by atomic mass is 9.92. The van der Waals surface area contributed by atoms with Gasteiger partial charge in [0.2, 0.25) is 5.91 Å². The normalized spacial score (nSPS) is 18.5. The second kappa shape index (κ2) is 9.38. The number of hydrogen-bond acceptors (Lipinski definition) is 5. The Balaban J connectivity index is 1.59. The Hall–Kier alpha value is -2.52. The van der Waals surface area contributed by atoms with Crippen molar-refractivity contribution >= 4 is 55.0 Å². The Morgan fingerprint density at radius 2 is 1.91 bits per heavy atom. The number of aryl methyl sites for hydroxylation is 2. The van der Waals surface area contributed by atoms with Gasteiger partial charge in [-0.3, -0.25) is 19.0 Å². The second-order valence-corrected chi connectivity index (χ2v) is 10.9. The minimum absolute atomic E-state index is 0.0473. The molecule has 0 unspecified atom stereocenters. The van der Waals surface area contributed by atoms with E-state index in [0.29, 0.717) is 51.3 Å². The third-order valence-electron chi connectivity index (χ3n) is 6.02. The number of halogens is 1. The Labute approximate surface area is 204 Å². The van der Waals surface area contributed by atoms with Crippen molar-refractivity contribution in [2.75, 3.05) is 18.4 Å². The SMILES string of the molecule is Cc1ccc(NC(=O)c2sc3ncn(CC(=O)N4C[C@H](C)C[C@H](C)C4)c(=O)c3c2C)c(Br)c1. The van der Waals surface area contributed by atoms with E-state index in [4.69, 9.17) is 0 Å². The molecule has 3 heterocycles. The first kappa shape index (κ1) is 23.6. The molecule has 0 spiro atoms. The van der Waals surface area contributed by atoms with Crippen molar-refractivity contribution in [2.24, 2.45) is 11.8 Å².